The summed E-state index contributed by atoms with van der Waals surface area (Å²) in [7, 11) is 0. The number of furan rings is 1. The fourth-order valence-electron chi connectivity index (χ4n) is 3.22. The van der Waals surface area contributed by atoms with Crippen molar-refractivity contribution in [3.05, 3.63) is 78.5 Å². The average molecular weight is 434 g/mol. The zero-order chi connectivity index (χ0) is 21.6. The SMILES string of the molecule is CC(C)c1ccccc1-n1c(SCC(=O)NCc2ccco2)nnc1-c1cccnc1. The highest BCUT2D eigenvalue weighted by Crippen LogP contribution is 2.31. The molecule has 1 aromatic carbocycles. The molecule has 4 aromatic rings. The van der Waals surface area contributed by atoms with Crippen molar-refractivity contribution in [2.75, 3.05) is 5.75 Å². The summed E-state index contributed by atoms with van der Waals surface area (Å²) in [6.45, 7) is 4.67. The standard InChI is InChI=1S/C23H23N5O2S/c1-16(2)19-9-3-4-10-20(19)28-22(17-7-5-11-24-13-17)26-27-23(28)31-15-21(29)25-14-18-8-6-12-30-18/h3-13,16H,14-15H2,1-2H3,(H,25,29). The van der Waals surface area contributed by atoms with Crippen LogP contribution in [-0.4, -0.2) is 31.4 Å². The van der Waals surface area contributed by atoms with Gasteiger partial charge in [0, 0.05) is 18.0 Å². The first-order valence-electron chi connectivity index (χ1n) is 10.0. The largest absolute Gasteiger partial charge is 0.467 e. The van der Waals surface area contributed by atoms with E-state index in [1.165, 1.54) is 17.3 Å². The lowest BCUT2D eigenvalue weighted by Gasteiger charge is -2.16. The molecular weight excluding hydrogens is 410 g/mol. The first kappa shape index (κ1) is 20.9. The highest BCUT2D eigenvalue weighted by molar-refractivity contribution is 7.99. The molecule has 4 rings (SSSR count). The molecule has 0 spiro atoms. The number of hydrogen-bond donors (Lipinski definition) is 1. The van der Waals surface area contributed by atoms with Crippen molar-refractivity contribution in [1.29, 1.82) is 0 Å². The zero-order valence-electron chi connectivity index (χ0n) is 17.4. The van der Waals surface area contributed by atoms with E-state index in [0.717, 1.165) is 11.3 Å². The Labute approximate surface area is 184 Å². The smallest absolute Gasteiger partial charge is 0.230 e. The molecule has 0 aliphatic heterocycles. The molecule has 0 aliphatic carbocycles. The van der Waals surface area contributed by atoms with Gasteiger partial charge in [-0.05, 0) is 41.8 Å². The summed E-state index contributed by atoms with van der Waals surface area (Å²) in [5, 5.41) is 12.3. The third-order valence-electron chi connectivity index (χ3n) is 4.73. The van der Waals surface area contributed by atoms with Crippen LogP contribution in [0.1, 0.15) is 31.1 Å². The molecule has 7 nitrogen and oxygen atoms in total. The number of carbonyl (C=O) groups excluding carboxylic acids is 1. The number of nitrogens with zero attached hydrogens (tertiary/aromatic N) is 4. The van der Waals surface area contributed by atoms with Crippen LogP contribution in [0.4, 0.5) is 0 Å². The quantitative estimate of drug-likeness (QED) is 0.413. The van der Waals surface area contributed by atoms with Gasteiger partial charge in [-0.2, -0.15) is 0 Å². The zero-order valence-corrected chi connectivity index (χ0v) is 18.2. The van der Waals surface area contributed by atoms with Crippen molar-refractivity contribution in [1.82, 2.24) is 25.1 Å². The molecule has 0 unspecified atom stereocenters. The van der Waals surface area contributed by atoms with Gasteiger partial charge in [0.2, 0.25) is 5.91 Å². The number of thioether (sulfide) groups is 1. The summed E-state index contributed by atoms with van der Waals surface area (Å²) >= 11 is 1.35. The lowest BCUT2D eigenvalue weighted by atomic mass is 10.0. The van der Waals surface area contributed by atoms with Gasteiger partial charge in [-0.15, -0.1) is 10.2 Å². The maximum absolute atomic E-state index is 12.4. The van der Waals surface area contributed by atoms with Crippen molar-refractivity contribution in [2.24, 2.45) is 0 Å². The van der Waals surface area contributed by atoms with Gasteiger partial charge in [-0.3, -0.25) is 14.3 Å². The summed E-state index contributed by atoms with van der Waals surface area (Å²) < 4.78 is 7.27. The van der Waals surface area contributed by atoms with Crippen molar-refractivity contribution >= 4 is 17.7 Å². The maximum atomic E-state index is 12.4. The van der Waals surface area contributed by atoms with Gasteiger partial charge in [0.1, 0.15) is 5.76 Å². The maximum Gasteiger partial charge on any atom is 0.230 e. The molecule has 3 heterocycles. The monoisotopic (exact) mass is 433 g/mol. The van der Waals surface area contributed by atoms with Crippen molar-refractivity contribution in [2.45, 2.75) is 31.5 Å². The molecule has 0 saturated carbocycles. The Bertz CT molecular complexity index is 1140. The minimum atomic E-state index is -0.101. The Morgan fingerprint density at radius 3 is 2.74 bits per heavy atom. The molecule has 8 heteroatoms. The fraction of sp³-hybridized carbons (Fsp3) is 0.217. The number of para-hydroxylation sites is 1. The van der Waals surface area contributed by atoms with E-state index in [1.807, 2.05) is 34.9 Å². The molecule has 0 atom stereocenters. The summed E-state index contributed by atoms with van der Waals surface area (Å²) in [6, 6.07) is 15.6. The topological polar surface area (TPSA) is 85.8 Å². The van der Waals surface area contributed by atoms with Crippen molar-refractivity contribution in [3.63, 3.8) is 0 Å². The summed E-state index contributed by atoms with van der Waals surface area (Å²) in [4.78, 5) is 16.6. The van der Waals surface area contributed by atoms with Gasteiger partial charge in [0.05, 0.1) is 24.2 Å². The number of aromatic nitrogens is 4. The van der Waals surface area contributed by atoms with E-state index < -0.39 is 0 Å². The highest BCUT2D eigenvalue weighted by Gasteiger charge is 2.20. The number of pyridine rings is 1. The molecule has 0 saturated heterocycles. The molecule has 0 aliphatic rings. The average Bonchev–Trinajstić information content (AvgIpc) is 3.46. The lowest BCUT2D eigenvalue weighted by Crippen LogP contribution is -2.24. The Hall–Kier alpha value is -3.39. The van der Waals surface area contributed by atoms with Crippen LogP contribution in [0.15, 0.2) is 76.8 Å². The number of benzene rings is 1. The number of hydrogen-bond acceptors (Lipinski definition) is 6. The van der Waals surface area contributed by atoms with E-state index >= 15 is 0 Å². The minimum Gasteiger partial charge on any atom is -0.467 e. The second kappa shape index (κ2) is 9.61. The summed E-state index contributed by atoms with van der Waals surface area (Å²) in [5.41, 5.74) is 3.04. The number of amides is 1. The van der Waals surface area contributed by atoms with Crippen LogP contribution >= 0.6 is 11.8 Å². The number of nitrogens with one attached hydrogen (secondary N) is 1. The van der Waals surface area contributed by atoms with Crippen molar-refractivity contribution in [3.8, 4) is 17.1 Å². The van der Waals surface area contributed by atoms with E-state index in [9.17, 15) is 4.79 Å². The molecule has 0 fully saturated rings. The first-order valence-corrected chi connectivity index (χ1v) is 11.0. The Balaban J connectivity index is 1.62. The van der Waals surface area contributed by atoms with Crippen LogP contribution in [0.5, 0.6) is 0 Å². The Morgan fingerprint density at radius 1 is 1.13 bits per heavy atom. The van der Waals surface area contributed by atoms with Crippen molar-refractivity contribution < 1.29 is 9.21 Å². The minimum absolute atomic E-state index is 0.101. The predicted octanol–water partition coefficient (Wildman–Crippen LogP) is 4.45. The molecule has 0 radical (unpaired) electrons. The lowest BCUT2D eigenvalue weighted by molar-refractivity contribution is -0.118. The third kappa shape index (κ3) is 4.86. The van der Waals surface area contributed by atoms with Gasteiger partial charge in [-0.25, -0.2) is 0 Å². The van der Waals surface area contributed by atoms with Gasteiger partial charge in [0.15, 0.2) is 11.0 Å². The molecule has 3 aromatic heterocycles. The van der Waals surface area contributed by atoms with Gasteiger partial charge in [-0.1, -0.05) is 43.8 Å². The van der Waals surface area contributed by atoms with E-state index in [0.29, 0.717) is 29.2 Å². The normalized spacial score (nSPS) is 11.1. The first-order chi connectivity index (χ1) is 15.1. The highest BCUT2D eigenvalue weighted by atomic mass is 32.2. The van der Waals surface area contributed by atoms with Gasteiger partial charge < -0.3 is 9.73 Å². The van der Waals surface area contributed by atoms with Crippen LogP contribution in [-0.2, 0) is 11.3 Å². The molecular formula is C23H23N5O2S. The van der Waals surface area contributed by atoms with Crippen LogP contribution in [0.25, 0.3) is 17.1 Å². The molecule has 1 amide bonds. The number of carbonyl (C=O) groups is 1. The second-order valence-corrected chi connectivity index (χ2v) is 8.18. The van der Waals surface area contributed by atoms with E-state index in [-0.39, 0.29) is 11.7 Å². The fourth-order valence-corrected chi connectivity index (χ4v) is 4.00. The molecule has 1 N–H and O–H groups in total. The van der Waals surface area contributed by atoms with Crippen LogP contribution in [0.2, 0.25) is 0 Å². The van der Waals surface area contributed by atoms with Crippen LogP contribution in [0, 0.1) is 0 Å². The van der Waals surface area contributed by atoms with Crippen LogP contribution in [0.3, 0.4) is 0 Å². The second-order valence-electron chi connectivity index (χ2n) is 7.24. The van der Waals surface area contributed by atoms with E-state index in [2.05, 4.69) is 46.5 Å². The number of rotatable bonds is 8. The summed E-state index contributed by atoms with van der Waals surface area (Å²) in [5.74, 6) is 1.84. The molecule has 31 heavy (non-hydrogen) atoms. The van der Waals surface area contributed by atoms with Gasteiger partial charge >= 0.3 is 0 Å². The summed E-state index contributed by atoms with van der Waals surface area (Å²) in [6.07, 6.45) is 5.08. The molecule has 158 valence electrons. The predicted molar refractivity (Wildman–Crippen MR) is 120 cm³/mol. The third-order valence-corrected chi connectivity index (χ3v) is 5.65. The van der Waals surface area contributed by atoms with E-state index in [4.69, 9.17) is 4.42 Å². The molecule has 0 bridgehead atoms. The van der Waals surface area contributed by atoms with Gasteiger partial charge in [0.25, 0.3) is 0 Å². The van der Waals surface area contributed by atoms with Crippen LogP contribution < -0.4 is 5.32 Å². The van der Waals surface area contributed by atoms with E-state index in [1.54, 1.807) is 24.7 Å². The Kier molecular flexibility index (Phi) is 6.47. The Morgan fingerprint density at radius 2 is 2.00 bits per heavy atom.